The Kier molecular flexibility index (Phi) is 9.76. The zero-order valence-corrected chi connectivity index (χ0v) is 22.8. The molecule has 37 heavy (non-hydrogen) atoms. The Labute approximate surface area is 220 Å². The largest absolute Gasteiger partial charge is 0.493 e. The third-order valence-corrected chi connectivity index (χ3v) is 7.40. The van der Waals surface area contributed by atoms with Crippen LogP contribution in [0.1, 0.15) is 51.5 Å². The third-order valence-electron chi connectivity index (χ3n) is 7.40. The van der Waals surface area contributed by atoms with Gasteiger partial charge in [0.15, 0.2) is 23.0 Å². The van der Waals surface area contributed by atoms with E-state index in [-0.39, 0.29) is 18.1 Å². The van der Waals surface area contributed by atoms with Crippen molar-refractivity contribution in [3.05, 3.63) is 35.9 Å². The maximum atomic E-state index is 10.6. The van der Waals surface area contributed by atoms with Crippen LogP contribution in [0.3, 0.4) is 0 Å². The van der Waals surface area contributed by atoms with Gasteiger partial charge in [0.2, 0.25) is 11.5 Å². The van der Waals surface area contributed by atoms with Crippen LogP contribution in [0.5, 0.6) is 34.5 Å². The van der Waals surface area contributed by atoms with E-state index in [2.05, 4.69) is 19.9 Å². The van der Waals surface area contributed by atoms with E-state index in [1.54, 1.807) is 28.4 Å². The maximum absolute atomic E-state index is 10.6. The van der Waals surface area contributed by atoms with Gasteiger partial charge >= 0.3 is 0 Å². The molecule has 4 atom stereocenters. The van der Waals surface area contributed by atoms with E-state index >= 15 is 0 Å². The summed E-state index contributed by atoms with van der Waals surface area (Å²) in [6, 6.07) is 12.1. The molecule has 0 spiro atoms. The van der Waals surface area contributed by atoms with Crippen molar-refractivity contribution in [3.63, 3.8) is 0 Å². The summed E-state index contributed by atoms with van der Waals surface area (Å²) in [6.07, 6.45) is 3.48. The molecule has 0 radical (unpaired) electrons. The van der Waals surface area contributed by atoms with Crippen molar-refractivity contribution in [1.29, 1.82) is 5.26 Å². The number of fused-ring (bicyclic) bond motifs is 1. The SMILES string of the molecule is CCC(C)C(C#N)(CCCC(N)CC1COc2ccccc2O1)c1cc(OC)c(OC)c(OC)c1OC. The summed E-state index contributed by atoms with van der Waals surface area (Å²) in [7, 11) is 6.24. The fourth-order valence-electron chi connectivity index (χ4n) is 5.16. The Morgan fingerprint density at radius 1 is 1.05 bits per heavy atom. The number of methoxy groups -OCH3 is 4. The molecule has 2 N–H and O–H groups in total. The molecule has 1 aliphatic rings. The van der Waals surface area contributed by atoms with Gasteiger partial charge in [-0.25, -0.2) is 0 Å². The van der Waals surface area contributed by atoms with E-state index in [9.17, 15) is 5.26 Å². The van der Waals surface area contributed by atoms with Crippen molar-refractivity contribution < 1.29 is 28.4 Å². The van der Waals surface area contributed by atoms with E-state index in [1.165, 1.54) is 0 Å². The van der Waals surface area contributed by atoms with Crippen molar-refractivity contribution in [3.8, 4) is 40.6 Å². The van der Waals surface area contributed by atoms with Gasteiger partial charge in [-0.2, -0.15) is 5.26 Å². The van der Waals surface area contributed by atoms with Gasteiger partial charge in [0.05, 0.1) is 39.9 Å². The molecule has 4 unspecified atom stereocenters. The lowest BCUT2D eigenvalue weighted by molar-refractivity contribution is 0.0788. The minimum atomic E-state index is -0.837. The molecular weight excluding hydrogens is 472 g/mol. The molecular formula is C29H40N2O6. The van der Waals surface area contributed by atoms with Crippen LogP contribution in [0.2, 0.25) is 0 Å². The topological polar surface area (TPSA) is 105 Å². The van der Waals surface area contributed by atoms with Crippen LogP contribution in [-0.4, -0.2) is 47.2 Å². The molecule has 1 heterocycles. The van der Waals surface area contributed by atoms with Gasteiger partial charge in [-0.3, -0.25) is 0 Å². The monoisotopic (exact) mass is 512 g/mol. The average Bonchev–Trinajstić information content (AvgIpc) is 2.93. The van der Waals surface area contributed by atoms with Gasteiger partial charge in [-0.05, 0) is 43.4 Å². The number of para-hydroxylation sites is 2. The highest BCUT2D eigenvalue weighted by Gasteiger charge is 2.42. The minimum Gasteiger partial charge on any atom is -0.493 e. The van der Waals surface area contributed by atoms with Gasteiger partial charge in [0.25, 0.3) is 0 Å². The molecule has 8 nitrogen and oxygen atoms in total. The van der Waals surface area contributed by atoms with Crippen LogP contribution in [-0.2, 0) is 5.41 Å². The van der Waals surface area contributed by atoms with Crippen LogP contribution in [0, 0.1) is 17.2 Å². The Balaban J connectivity index is 1.81. The Morgan fingerprint density at radius 3 is 2.32 bits per heavy atom. The van der Waals surface area contributed by atoms with Crippen LogP contribution >= 0.6 is 0 Å². The first-order chi connectivity index (χ1) is 17.9. The lowest BCUT2D eigenvalue weighted by atomic mass is 9.67. The predicted molar refractivity (Wildman–Crippen MR) is 142 cm³/mol. The summed E-state index contributed by atoms with van der Waals surface area (Å²) < 4.78 is 34.5. The number of rotatable bonds is 13. The van der Waals surface area contributed by atoms with Crippen molar-refractivity contribution >= 4 is 0 Å². The normalized spacial score (nSPS) is 17.6. The molecule has 0 aliphatic carbocycles. The van der Waals surface area contributed by atoms with E-state index in [0.29, 0.717) is 42.4 Å². The third kappa shape index (κ3) is 5.83. The fraction of sp³-hybridized carbons (Fsp3) is 0.552. The average molecular weight is 513 g/mol. The first kappa shape index (κ1) is 28.3. The molecule has 0 saturated carbocycles. The molecule has 8 heteroatoms. The Morgan fingerprint density at radius 2 is 1.73 bits per heavy atom. The van der Waals surface area contributed by atoms with Crippen LogP contribution in [0.4, 0.5) is 0 Å². The van der Waals surface area contributed by atoms with Gasteiger partial charge in [-0.15, -0.1) is 0 Å². The molecule has 2 aromatic carbocycles. The van der Waals surface area contributed by atoms with Crippen molar-refractivity contribution in [2.45, 2.75) is 63.5 Å². The molecule has 0 amide bonds. The zero-order chi connectivity index (χ0) is 27.0. The number of ether oxygens (including phenoxy) is 6. The molecule has 2 aromatic rings. The van der Waals surface area contributed by atoms with E-state index in [4.69, 9.17) is 34.2 Å². The van der Waals surface area contributed by atoms with E-state index in [0.717, 1.165) is 36.3 Å². The standard InChI is InChI=1S/C29H40N2O6/c1-7-19(2)29(18-30,22-16-25(32-3)27(34-5)28(35-6)26(22)33-4)14-10-11-20(31)15-21-17-36-23-12-8-9-13-24(23)37-21/h8-9,12-13,16,19-21H,7,10-11,14-15,17,31H2,1-6H3. The second kappa shape index (κ2) is 12.8. The van der Waals surface area contributed by atoms with Crippen molar-refractivity contribution in [2.75, 3.05) is 35.0 Å². The van der Waals surface area contributed by atoms with E-state index < -0.39 is 5.41 Å². The lowest BCUT2D eigenvalue weighted by Gasteiger charge is -2.35. The minimum absolute atomic E-state index is 0.0389. The van der Waals surface area contributed by atoms with Crippen LogP contribution < -0.4 is 34.2 Å². The number of hydrogen-bond donors (Lipinski definition) is 1. The Hall–Kier alpha value is -3.31. The lowest BCUT2D eigenvalue weighted by Crippen LogP contribution is -2.36. The summed E-state index contributed by atoms with van der Waals surface area (Å²) >= 11 is 0. The first-order valence-corrected chi connectivity index (χ1v) is 12.8. The zero-order valence-electron chi connectivity index (χ0n) is 22.8. The number of hydrogen-bond acceptors (Lipinski definition) is 8. The summed E-state index contributed by atoms with van der Waals surface area (Å²) in [5.41, 5.74) is 6.42. The predicted octanol–water partition coefficient (Wildman–Crippen LogP) is 5.26. The smallest absolute Gasteiger partial charge is 0.207 e. The molecule has 0 saturated heterocycles. The highest BCUT2D eigenvalue weighted by molar-refractivity contribution is 5.65. The molecule has 3 rings (SSSR count). The van der Waals surface area contributed by atoms with Gasteiger partial charge in [0, 0.05) is 18.0 Å². The summed E-state index contributed by atoms with van der Waals surface area (Å²) in [5.74, 6) is 3.37. The number of nitrogens with two attached hydrogens (primary N) is 1. The quantitative estimate of drug-likeness (QED) is 0.388. The maximum Gasteiger partial charge on any atom is 0.207 e. The highest BCUT2D eigenvalue weighted by atomic mass is 16.6. The van der Waals surface area contributed by atoms with Gasteiger partial charge < -0.3 is 34.2 Å². The fourth-order valence-corrected chi connectivity index (χ4v) is 5.16. The number of benzene rings is 2. The van der Waals surface area contributed by atoms with Gasteiger partial charge in [0.1, 0.15) is 12.7 Å². The molecule has 1 aliphatic heterocycles. The number of nitriles is 1. The summed E-state index contributed by atoms with van der Waals surface area (Å²) in [4.78, 5) is 0. The molecule has 202 valence electrons. The van der Waals surface area contributed by atoms with Crippen LogP contribution in [0.25, 0.3) is 0 Å². The summed E-state index contributed by atoms with van der Waals surface area (Å²) in [5, 5.41) is 10.6. The first-order valence-electron chi connectivity index (χ1n) is 12.8. The molecule has 0 fully saturated rings. The molecule has 0 bridgehead atoms. The molecule has 0 aromatic heterocycles. The Bertz CT molecular complexity index is 1080. The second-order valence-electron chi connectivity index (χ2n) is 9.50. The van der Waals surface area contributed by atoms with Gasteiger partial charge in [-0.1, -0.05) is 32.4 Å². The van der Waals surface area contributed by atoms with Crippen molar-refractivity contribution in [2.24, 2.45) is 11.7 Å². The summed E-state index contributed by atoms with van der Waals surface area (Å²) in [6.45, 7) is 4.66. The van der Waals surface area contributed by atoms with Crippen molar-refractivity contribution in [1.82, 2.24) is 0 Å². The highest BCUT2D eigenvalue weighted by Crippen LogP contribution is 2.53. The van der Waals surface area contributed by atoms with E-state index in [1.807, 2.05) is 30.3 Å². The van der Waals surface area contributed by atoms with Crippen LogP contribution in [0.15, 0.2) is 30.3 Å². The number of nitrogens with zero attached hydrogens (tertiary/aromatic N) is 1. The second-order valence-corrected chi connectivity index (χ2v) is 9.50.